The second-order valence-corrected chi connectivity index (χ2v) is 6.72. The number of hydrogen-bond donors (Lipinski definition) is 1. The van der Waals surface area contributed by atoms with Crippen LogP contribution in [0.25, 0.3) is 0 Å². The van der Waals surface area contributed by atoms with E-state index in [9.17, 15) is 9.59 Å². The van der Waals surface area contributed by atoms with Gasteiger partial charge in [-0.1, -0.05) is 36.4 Å². The van der Waals surface area contributed by atoms with Crippen molar-refractivity contribution in [2.45, 2.75) is 13.5 Å². The van der Waals surface area contributed by atoms with Gasteiger partial charge in [0.25, 0.3) is 5.91 Å². The number of rotatable bonds is 10. The van der Waals surface area contributed by atoms with Gasteiger partial charge in [-0.3, -0.25) is 4.79 Å². The lowest BCUT2D eigenvalue weighted by Crippen LogP contribution is -2.15. The number of hydrogen-bond acceptors (Lipinski definition) is 6. The first-order chi connectivity index (χ1) is 15.6. The van der Waals surface area contributed by atoms with Gasteiger partial charge in [-0.15, -0.1) is 0 Å². The van der Waals surface area contributed by atoms with Crippen LogP contribution >= 0.6 is 0 Å². The molecule has 0 saturated heterocycles. The highest BCUT2D eigenvalue weighted by molar-refractivity contribution is 6.04. The quantitative estimate of drug-likeness (QED) is 0.473. The Morgan fingerprint density at radius 2 is 1.69 bits per heavy atom. The number of esters is 1. The van der Waals surface area contributed by atoms with Crippen molar-refractivity contribution in [3.05, 3.63) is 83.9 Å². The van der Waals surface area contributed by atoms with Gasteiger partial charge in [-0.2, -0.15) is 0 Å². The molecule has 0 spiro atoms. The maximum Gasteiger partial charge on any atom is 0.344 e. The van der Waals surface area contributed by atoms with Crippen molar-refractivity contribution >= 4 is 17.6 Å². The summed E-state index contributed by atoms with van der Waals surface area (Å²) in [4.78, 5) is 24.2. The average molecular weight is 435 g/mol. The molecule has 3 aromatic carbocycles. The van der Waals surface area contributed by atoms with E-state index in [0.717, 1.165) is 5.56 Å². The summed E-state index contributed by atoms with van der Waals surface area (Å²) >= 11 is 0. The molecule has 0 heterocycles. The predicted octanol–water partition coefficient (Wildman–Crippen LogP) is 4.47. The summed E-state index contributed by atoms with van der Waals surface area (Å²) in [5.41, 5.74) is 1.97. The van der Waals surface area contributed by atoms with Gasteiger partial charge in [-0.25, -0.2) is 4.79 Å². The summed E-state index contributed by atoms with van der Waals surface area (Å²) < 4.78 is 21.5. The van der Waals surface area contributed by atoms with Crippen molar-refractivity contribution in [2.24, 2.45) is 0 Å². The fourth-order valence-electron chi connectivity index (χ4n) is 2.88. The minimum atomic E-state index is -0.455. The maximum absolute atomic E-state index is 12.7. The second kappa shape index (κ2) is 11.4. The molecule has 0 aliphatic heterocycles. The van der Waals surface area contributed by atoms with E-state index in [1.807, 2.05) is 30.3 Å². The molecule has 0 fully saturated rings. The van der Waals surface area contributed by atoms with Crippen LogP contribution in [0.2, 0.25) is 0 Å². The smallest absolute Gasteiger partial charge is 0.344 e. The molecule has 0 aromatic heterocycles. The Labute approximate surface area is 186 Å². The van der Waals surface area contributed by atoms with Crippen molar-refractivity contribution in [1.29, 1.82) is 0 Å². The number of benzene rings is 3. The van der Waals surface area contributed by atoms with Crippen molar-refractivity contribution in [1.82, 2.24) is 0 Å². The molecule has 0 aliphatic carbocycles. The van der Waals surface area contributed by atoms with Crippen molar-refractivity contribution in [2.75, 3.05) is 25.6 Å². The number of methoxy groups -OCH3 is 1. The SMILES string of the molecule is CCOC(=O)COc1cccc(NC(=O)c2ccc(OCc3ccccc3)c(OC)c2)c1. The molecule has 0 bridgehead atoms. The first kappa shape index (κ1) is 22.7. The number of nitrogens with one attached hydrogen (secondary N) is 1. The van der Waals surface area contributed by atoms with Crippen LogP contribution in [0.3, 0.4) is 0 Å². The average Bonchev–Trinajstić information content (AvgIpc) is 2.82. The molecule has 7 heteroatoms. The van der Waals surface area contributed by atoms with E-state index in [4.69, 9.17) is 18.9 Å². The van der Waals surface area contributed by atoms with Gasteiger partial charge in [0.15, 0.2) is 18.1 Å². The van der Waals surface area contributed by atoms with Crippen LogP contribution in [-0.2, 0) is 16.1 Å². The van der Waals surface area contributed by atoms with Crippen LogP contribution in [0.5, 0.6) is 17.2 Å². The fourth-order valence-corrected chi connectivity index (χ4v) is 2.88. The van der Waals surface area contributed by atoms with Gasteiger partial charge in [0.2, 0.25) is 0 Å². The Balaban J connectivity index is 1.63. The predicted molar refractivity (Wildman–Crippen MR) is 120 cm³/mol. The van der Waals surface area contributed by atoms with Gasteiger partial charge in [0.1, 0.15) is 12.4 Å². The number of anilines is 1. The van der Waals surface area contributed by atoms with Crippen LogP contribution in [0.15, 0.2) is 72.8 Å². The molecule has 0 atom stereocenters. The minimum Gasteiger partial charge on any atom is -0.493 e. The summed E-state index contributed by atoms with van der Waals surface area (Å²) in [5, 5.41) is 2.81. The van der Waals surface area contributed by atoms with Crippen LogP contribution in [-0.4, -0.2) is 32.2 Å². The summed E-state index contributed by atoms with van der Waals surface area (Å²) in [6.45, 7) is 2.21. The normalized spacial score (nSPS) is 10.2. The Kier molecular flexibility index (Phi) is 8.09. The van der Waals surface area contributed by atoms with Gasteiger partial charge in [0.05, 0.1) is 13.7 Å². The molecule has 1 N–H and O–H groups in total. The minimum absolute atomic E-state index is 0.202. The van der Waals surface area contributed by atoms with E-state index in [-0.39, 0.29) is 19.1 Å². The standard InChI is InChI=1S/C25H25NO6/c1-3-30-24(27)17-31-21-11-7-10-20(15-21)26-25(28)19-12-13-22(23(14-19)29-2)32-16-18-8-5-4-6-9-18/h4-15H,3,16-17H2,1-2H3,(H,26,28). The molecule has 0 radical (unpaired) electrons. The van der Waals surface area contributed by atoms with Gasteiger partial charge in [0, 0.05) is 17.3 Å². The monoisotopic (exact) mass is 435 g/mol. The lowest BCUT2D eigenvalue weighted by molar-refractivity contribution is -0.145. The Hall–Kier alpha value is -4.00. The molecule has 0 saturated carbocycles. The molecule has 1 amide bonds. The number of ether oxygens (including phenoxy) is 4. The zero-order chi connectivity index (χ0) is 22.8. The lowest BCUT2D eigenvalue weighted by atomic mass is 10.1. The van der Waals surface area contributed by atoms with E-state index in [1.165, 1.54) is 7.11 Å². The molecule has 7 nitrogen and oxygen atoms in total. The third-order valence-electron chi connectivity index (χ3n) is 4.42. The maximum atomic E-state index is 12.7. The molecule has 32 heavy (non-hydrogen) atoms. The number of carbonyl (C=O) groups is 2. The van der Waals surface area contributed by atoms with Crippen molar-refractivity contribution in [3.63, 3.8) is 0 Å². The van der Waals surface area contributed by atoms with E-state index in [2.05, 4.69) is 5.32 Å². The number of amides is 1. The Morgan fingerprint density at radius 1 is 0.875 bits per heavy atom. The topological polar surface area (TPSA) is 83.1 Å². The van der Waals surface area contributed by atoms with E-state index in [0.29, 0.717) is 35.1 Å². The van der Waals surface area contributed by atoms with Gasteiger partial charge >= 0.3 is 5.97 Å². The Bertz CT molecular complexity index is 1050. The fraction of sp³-hybridized carbons (Fsp3) is 0.200. The van der Waals surface area contributed by atoms with Crippen LogP contribution in [0.1, 0.15) is 22.8 Å². The van der Waals surface area contributed by atoms with E-state index < -0.39 is 5.97 Å². The van der Waals surface area contributed by atoms with Gasteiger partial charge in [-0.05, 0) is 42.8 Å². The van der Waals surface area contributed by atoms with Crippen LogP contribution in [0.4, 0.5) is 5.69 Å². The van der Waals surface area contributed by atoms with E-state index in [1.54, 1.807) is 49.4 Å². The number of carbonyl (C=O) groups excluding carboxylic acids is 2. The molecule has 166 valence electrons. The van der Waals surface area contributed by atoms with Crippen molar-refractivity contribution in [3.8, 4) is 17.2 Å². The summed E-state index contributed by atoms with van der Waals surface area (Å²) in [6, 6.07) is 21.5. The van der Waals surface area contributed by atoms with Crippen LogP contribution in [0, 0.1) is 0 Å². The highest BCUT2D eigenvalue weighted by Gasteiger charge is 2.12. The molecule has 3 rings (SSSR count). The molecular formula is C25H25NO6. The molecular weight excluding hydrogens is 410 g/mol. The zero-order valence-electron chi connectivity index (χ0n) is 18.0. The van der Waals surface area contributed by atoms with Gasteiger partial charge < -0.3 is 24.3 Å². The third-order valence-corrected chi connectivity index (χ3v) is 4.42. The van der Waals surface area contributed by atoms with Crippen molar-refractivity contribution < 1.29 is 28.5 Å². The Morgan fingerprint density at radius 3 is 2.44 bits per heavy atom. The summed E-state index contributed by atoms with van der Waals surface area (Å²) in [5.74, 6) is 0.671. The lowest BCUT2D eigenvalue weighted by Gasteiger charge is -2.13. The first-order valence-electron chi connectivity index (χ1n) is 10.1. The largest absolute Gasteiger partial charge is 0.493 e. The van der Waals surface area contributed by atoms with Crippen LogP contribution < -0.4 is 19.5 Å². The highest BCUT2D eigenvalue weighted by Crippen LogP contribution is 2.29. The highest BCUT2D eigenvalue weighted by atomic mass is 16.6. The first-order valence-corrected chi connectivity index (χ1v) is 10.1. The summed E-state index contributed by atoms with van der Waals surface area (Å²) in [6.07, 6.45) is 0. The van der Waals surface area contributed by atoms with E-state index >= 15 is 0 Å². The molecule has 0 unspecified atom stereocenters. The summed E-state index contributed by atoms with van der Waals surface area (Å²) in [7, 11) is 1.52. The molecule has 0 aliphatic rings. The molecule has 3 aromatic rings. The second-order valence-electron chi connectivity index (χ2n) is 6.72. The third kappa shape index (κ3) is 6.50. The zero-order valence-corrected chi connectivity index (χ0v) is 18.0.